The summed E-state index contributed by atoms with van der Waals surface area (Å²) < 4.78 is 31.9. The molecule has 0 saturated heterocycles. The lowest BCUT2D eigenvalue weighted by atomic mass is 9.82. The number of benzene rings is 2. The van der Waals surface area contributed by atoms with Crippen LogP contribution in [0, 0.1) is 12.8 Å². The molecule has 4 rings (SSSR count). The Morgan fingerprint density at radius 2 is 1.87 bits per heavy atom. The Labute approximate surface area is 182 Å². The standard InChI is InChI=1S/C25H30F2N2O2/c1-17-23-9-10-29(14-20-5-3-19(4-6-20)13-28-18(2)30)15-22(23)7-8-24(17)31-16-21-11-25(26,27)12-21/h3-8,21H,9-16H2,1-2H3,(H,28,30). The van der Waals surface area contributed by atoms with E-state index in [9.17, 15) is 13.6 Å². The second-order valence-corrected chi connectivity index (χ2v) is 8.95. The minimum atomic E-state index is -2.49. The Kier molecular flexibility index (Phi) is 6.28. The Bertz CT molecular complexity index is 935. The number of ether oxygens (including phenoxy) is 1. The zero-order valence-corrected chi connectivity index (χ0v) is 18.2. The maximum atomic E-state index is 13.0. The van der Waals surface area contributed by atoms with Gasteiger partial charge in [-0.2, -0.15) is 0 Å². The topological polar surface area (TPSA) is 41.6 Å². The fourth-order valence-corrected chi connectivity index (χ4v) is 4.53. The highest BCUT2D eigenvalue weighted by Crippen LogP contribution is 2.42. The summed E-state index contributed by atoms with van der Waals surface area (Å²) in [7, 11) is 0. The molecule has 2 aliphatic rings. The Morgan fingerprint density at radius 1 is 1.16 bits per heavy atom. The fraction of sp³-hybridized carbons (Fsp3) is 0.480. The van der Waals surface area contributed by atoms with Crippen molar-refractivity contribution in [1.29, 1.82) is 0 Å². The second kappa shape index (κ2) is 8.95. The summed E-state index contributed by atoms with van der Waals surface area (Å²) in [5.41, 5.74) is 6.14. The van der Waals surface area contributed by atoms with Gasteiger partial charge in [0.1, 0.15) is 5.75 Å². The number of nitrogens with zero attached hydrogens (tertiary/aromatic N) is 1. The summed E-state index contributed by atoms with van der Waals surface area (Å²) in [4.78, 5) is 13.5. The lowest BCUT2D eigenvalue weighted by Crippen LogP contribution is -2.38. The third kappa shape index (κ3) is 5.42. The molecule has 0 bridgehead atoms. The van der Waals surface area contributed by atoms with Crippen molar-refractivity contribution in [2.24, 2.45) is 5.92 Å². The number of amides is 1. The zero-order valence-electron chi connectivity index (χ0n) is 18.2. The van der Waals surface area contributed by atoms with Crippen LogP contribution in [0.5, 0.6) is 5.75 Å². The number of nitrogens with one attached hydrogen (secondary N) is 1. The monoisotopic (exact) mass is 428 g/mol. The van der Waals surface area contributed by atoms with Crippen LogP contribution in [-0.2, 0) is 30.8 Å². The molecular formula is C25H30F2N2O2. The number of hydrogen-bond acceptors (Lipinski definition) is 3. The molecular weight excluding hydrogens is 398 g/mol. The van der Waals surface area contributed by atoms with E-state index < -0.39 is 5.92 Å². The van der Waals surface area contributed by atoms with Crippen LogP contribution in [0.3, 0.4) is 0 Å². The van der Waals surface area contributed by atoms with Gasteiger partial charge in [0.2, 0.25) is 11.8 Å². The molecule has 0 radical (unpaired) electrons. The van der Waals surface area contributed by atoms with Crippen molar-refractivity contribution >= 4 is 5.91 Å². The number of carbonyl (C=O) groups is 1. The Hall–Kier alpha value is -2.47. The molecule has 1 aliphatic heterocycles. The van der Waals surface area contributed by atoms with Gasteiger partial charge in [0.05, 0.1) is 6.61 Å². The van der Waals surface area contributed by atoms with Crippen molar-refractivity contribution < 1.29 is 18.3 Å². The smallest absolute Gasteiger partial charge is 0.248 e. The molecule has 4 nitrogen and oxygen atoms in total. The van der Waals surface area contributed by atoms with Gasteiger partial charge in [0.25, 0.3) is 0 Å². The molecule has 0 spiro atoms. The van der Waals surface area contributed by atoms with E-state index in [0.29, 0.717) is 13.2 Å². The van der Waals surface area contributed by atoms with E-state index in [1.54, 1.807) is 0 Å². The van der Waals surface area contributed by atoms with Gasteiger partial charge in [-0.25, -0.2) is 8.78 Å². The molecule has 1 amide bonds. The fourth-order valence-electron chi connectivity index (χ4n) is 4.53. The molecule has 166 valence electrons. The number of fused-ring (bicyclic) bond motifs is 1. The summed E-state index contributed by atoms with van der Waals surface area (Å²) in [5.74, 6) is -1.72. The van der Waals surface area contributed by atoms with E-state index in [1.807, 2.05) is 6.07 Å². The number of alkyl halides is 2. The van der Waals surface area contributed by atoms with Crippen molar-refractivity contribution in [3.8, 4) is 5.75 Å². The maximum Gasteiger partial charge on any atom is 0.248 e. The molecule has 2 aromatic carbocycles. The van der Waals surface area contributed by atoms with E-state index in [1.165, 1.54) is 23.6 Å². The second-order valence-electron chi connectivity index (χ2n) is 8.95. The minimum Gasteiger partial charge on any atom is -0.493 e. The maximum absolute atomic E-state index is 13.0. The number of hydrogen-bond donors (Lipinski definition) is 1. The predicted molar refractivity (Wildman–Crippen MR) is 116 cm³/mol. The molecule has 6 heteroatoms. The first-order valence-electron chi connectivity index (χ1n) is 11.0. The van der Waals surface area contributed by atoms with Crippen molar-refractivity contribution in [2.45, 2.75) is 58.7 Å². The quantitative estimate of drug-likeness (QED) is 0.700. The van der Waals surface area contributed by atoms with Gasteiger partial charge in [0, 0.05) is 51.9 Å². The molecule has 0 unspecified atom stereocenters. The number of rotatable bonds is 7. The van der Waals surface area contributed by atoms with Crippen LogP contribution in [0.1, 0.15) is 47.6 Å². The van der Waals surface area contributed by atoms with Gasteiger partial charge in [-0.3, -0.25) is 9.69 Å². The summed E-state index contributed by atoms with van der Waals surface area (Å²) in [6, 6.07) is 12.5. The lowest BCUT2D eigenvalue weighted by Gasteiger charge is -2.35. The Balaban J connectivity index is 1.32. The van der Waals surface area contributed by atoms with E-state index in [2.05, 4.69) is 47.5 Å². The minimum absolute atomic E-state index is 0.0236. The average Bonchev–Trinajstić information content (AvgIpc) is 2.71. The van der Waals surface area contributed by atoms with Gasteiger partial charge in [0.15, 0.2) is 0 Å². The van der Waals surface area contributed by atoms with Crippen LogP contribution in [-0.4, -0.2) is 29.9 Å². The van der Waals surface area contributed by atoms with E-state index in [4.69, 9.17) is 4.74 Å². The van der Waals surface area contributed by atoms with Crippen LogP contribution < -0.4 is 10.1 Å². The lowest BCUT2D eigenvalue weighted by molar-refractivity contribution is -0.119. The Morgan fingerprint density at radius 3 is 2.55 bits per heavy atom. The molecule has 1 saturated carbocycles. The molecule has 1 aliphatic carbocycles. The molecule has 1 fully saturated rings. The summed E-state index contributed by atoms with van der Waals surface area (Å²) >= 11 is 0. The largest absolute Gasteiger partial charge is 0.493 e. The van der Waals surface area contributed by atoms with Crippen molar-refractivity contribution in [1.82, 2.24) is 10.2 Å². The van der Waals surface area contributed by atoms with Gasteiger partial charge in [-0.1, -0.05) is 30.3 Å². The van der Waals surface area contributed by atoms with Crippen LogP contribution in [0.25, 0.3) is 0 Å². The highest BCUT2D eigenvalue weighted by atomic mass is 19.3. The third-order valence-corrected chi connectivity index (χ3v) is 6.34. The number of carbonyl (C=O) groups excluding carboxylic acids is 1. The number of halogens is 2. The first-order chi connectivity index (χ1) is 14.8. The van der Waals surface area contributed by atoms with E-state index in [0.717, 1.165) is 42.9 Å². The van der Waals surface area contributed by atoms with Crippen molar-refractivity contribution in [3.05, 3.63) is 64.2 Å². The predicted octanol–water partition coefficient (Wildman–Crippen LogP) is 4.61. The van der Waals surface area contributed by atoms with Crippen LogP contribution >= 0.6 is 0 Å². The average molecular weight is 429 g/mol. The highest BCUT2D eigenvalue weighted by Gasteiger charge is 2.45. The van der Waals surface area contributed by atoms with E-state index >= 15 is 0 Å². The molecule has 0 aromatic heterocycles. The molecule has 31 heavy (non-hydrogen) atoms. The molecule has 2 aromatic rings. The van der Waals surface area contributed by atoms with Crippen LogP contribution in [0.4, 0.5) is 8.78 Å². The summed E-state index contributed by atoms with van der Waals surface area (Å²) in [5, 5.41) is 2.82. The zero-order chi connectivity index (χ0) is 22.0. The summed E-state index contributed by atoms with van der Waals surface area (Å²) in [6.07, 6.45) is 0.848. The first kappa shape index (κ1) is 21.8. The van der Waals surface area contributed by atoms with Crippen LogP contribution in [0.2, 0.25) is 0 Å². The SMILES string of the molecule is CC(=O)NCc1ccc(CN2CCc3c(ccc(OCC4CC(F)(F)C4)c3C)C2)cc1. The molecule has 1 heterocycles. The third-order valence-electron chi connectivity index (χ3n) is 6.34. The molecule has 0 atom stereocenters. The van der Waals surface area contributed by atoms with Crippen LogP contribution in [0.15, 0.2) is 36.4 Å². The van der Waals surface area contributed by atoms with Gasteiger partial charge < -0.3 is 10.1 Å². The van der Waals surface area contributed by atoms with Gasteiger partial charge in [-0.15, -0.1) is 0 Å². The highest BCUT2D eigenvalue weighted by molar-refractivity contribution is 5.72. The van der Waals surface area contributed by atoms with Gasteiger partial charge >= 0.3 is 0 Å². The van der Waals surface area contributed by atoms with E-state index in [-0.39, 0.29) is 24.7 Å². The summed E-state index contributed by atoms with van der Waals surface area (Å²) in [6.45, 7) is 7.27. The first-order valence-corrected chi connectivity index (χ1v) is 11.0. The van der Waals surface area contributed by atoms with Crippen molar-refractivity contribution in [3.63, 3.8) is 0 Å². The normalized spacial score (nSPS) is 18.2. The van der Waals surface area contributed by atoms with Gasteiger partial charge in [-0.05, 0) is 47.2 Å². The van der Waals surface area contributed by atoms with Crippen molar-refractivity contribution in [2.75, 3.05) is 13.2 Å². The molecule has 1 N–H and O–H groups in total.